The van der Waals surface area contributed by atoms with Gasteiger partial charge < -0.3 is 24.1 Å². The van der Waals surface area contributed by atoms with Crippen LogP contribution in [0.2, 0.25) is 0 Å². The van der Waals surface area contributed by atoms with Gasteiger partial charge in [-0.25, -0.2) is 9.59 Å². The molecular weight excluding hydrogens is 432 g/mol. The largest absolute Gasteiger partial charge is 0.459 e. The summed E-state index contributed by atoms with van der Waals surface area (Å²) in [6, 6.07) is 0. The van der Waals surface area contributed by atoms with Crippen molar-refractivity contribution in [2.75, 3.05) is 0 Å². The number of aliphatic hydroxyl groups is 1. The molecule has 1 heterocycles. The smallest absolute Gasteiger partial charge is 0.351 e. The zero-order valence-electron chi connectivity index (χ0n) is 20.0. The maximum atomic E-state index is 13.0. The van der Waals surface area contributed by atoms with E-state index < -0.39 is 70.6 Å². The Morgan fingerprint density at radius 1 is 1.09 bits per heavy atom. The zero-order chi connectivity index (χ0) is 24.9. The first-order valence-electron chi connectivity index (χ1n) is 11.0. The zero-order valence-corrected chi connectivity index (χ0v) is 20.0. The fourth-order valence-corrected chi connectivity index (χ4v) is 5.61. The molecule has 2 aliphatic carbocycles. The van der Waals surface area contributed by atoms with Gasteiger partial charge in [-0.1, -0.05) is 18.2 Å². The van der Waals surface area contributed by atoms with E-state index in [0.29, 0.717) is 5.57 Å². The highest BCUT2D eigenvalue weighted by Gasteiger charge is 2.70. The lowest BCUT2D eigenvalue weighted by Gasteiger charge is -2.40. The van der Waals surface area contributed by atoms with Crippen molar-refractivity contribution in [3.8, 4) is 0 Å². The van der Waals surface area contributed by atoms with Crippen molar-refractivity contribution in [2.45, 2.75) is 83.9 Å². The molecule has 0 spiro atoms. The SMILES string of the molecule is CC=C(C)C(=O)O[C@H]1C[C@](C)(OC(C)=O)[C@H]2C=C[C@](C)(O)[C@H]2[C@@H]2OC(=O)[C@@](C)(OC(C)=O)[C@@H]21. The molecule has 182 valence electrons. The summed E-state index contributed by atoms with van der Waals surface area (Å²) >= 11 is 0. The first-order chi connectivity index (χ1) is 15.2. The molecule has 1 N–H and O–H groups in total. The Hall–Kier alpha value is -2.68. The molecule has 0 radical (unpaired) electrons. The lowest BCUT2D eigenvalue weighted by atomic mass is 9.72. The van der Waals surface area contributed by atoms with Gasteiger partial charge in [-0.2, -0.15) is 0 Å². The second-order valence-electron chi connectivity index (χ2n) is 9.76. The van der Waals surface area contributed by atoms with Crippen LogP contribution in [0.25, 0.3) is 0 Å². The third-order valence-corrected chi connectivity index (χ3v) is 7.15. The molecule has 0 amide bonds. The van der Waals surface area contributed by atoms with E-state index in [9.17, 15) is 24.3 Å². The third kappa shape index (κ3) is 4.18. The number of allylic oxidation sites excluding steroid dienone is 1. The maximum Gasteiger partial charge on any atom is 0.351 e. The Morgan fingerprint density at radius 3 is 2.24 bits per heavy atom. The molecule has 0 aromatic heterocycles. The summed E-state index contributed by atoms with van der Waals surface area (Å²) in [4.78, 5) is 49.8. The molecule has 0 unspecified atom stereocenters. The predicted octanol–water partition coefficient (Wildman–Crippen LogP) is 2.01. The van der Waals surface area contributed by atoms with Gasteiger partial charge in [0.15, 0.2) is 0 Å². The quantitative estimate of drug-likeness (QED) is 0.288. The van der Waals surface area contributed by atoms with E-state index in [0.717, 1.165) is 0 Å². The number of rotatable bonds is 4. The maximum absolute atomic E-state index is 13.0. The van der Waals surface area contributed by atoms with Gasteiger partial charge in [0.25, 0.3) is 0 Å². The molecule has 9 heteroatoms. The first-order valence-corrected chi connectivity index (χ1v) is 11.0. The van der Waals surface area contributed by atoms with Crippen LogP contribution in [0.4, 0.5) is 0 Å². The van der Waals surface area contributed by atoms with Crippen molar-refractivity contribution in [1.29, 1.82) is 0 Å². The Balaban J connectivity index is 2.20. The third-order valence-electron chi connectivity index (χ3n) is 7.15. The van der Waals surface area contributed by atoms with Crippen LogP contribution in [0.5, 0.6) is 0 Å². The molecular formula is C24H32O9. The first kappa shape index (κ1) is 25.0. The van der Waals surface area contributed by atoms with Crippen molar-refractivity contribution >= 4 is 23.9 Å². The number of esters is 4. The van der Waals surface area contributed by atoms with E-state index in [2.05, 4.69) is 0 Å². The summed E-state index contributed by atoms with van der Waals surface area (Å²) in [5.74, 6) is -4.89. The van der Waals surface area contributed by atoms with Crippen LogP contribution >= 0.6 is 0 Å². The second kappa shape index (κ2) is 8.27. The highest BCUT2D eigenvalue weighted by molar-refractivity contribution is 5.88. The van der Waals surface area contributed by atoms with Gasteiger partial charge in [0.2, 0.25) is 5.60 Å². The fourth-order valence-electron chi connectivity index (χ4n) is 5.61. The lowest BCUT2D eigenvalue weighted by molar-refractivity contribution is -0.182. The highest BCUT2D eigenvalue weighted by Crippen LogP contribution is 2.56. The molecule has 0 aromatic carbocycles. The van der Waals surface area contributed by atoms with Crippen molar-refractivity contribution in [1.82, 2.24) is 0 Å². The number of fused-ring (bicyclic) bond motifs is 3. The van der Waals surface area contributed by atoms with E-state index in [4.69, 9.17) is 18.9 Å². The van der Waals surface area contributed by atoms with Crippen LogP contribution in [-0.2, 0) is 38.1 Å². The monoisotopic (exact) mass is 464 g/mol. The molecule has 33 heavy (non-hydrogen) atoms. The van der Waals surface area contributed by atoms with E-state index in [-0.39, 0.29) is 6.42 Å². The summed E-state index contributed by atoms with van der Waals surface area (Å²) in [6.07, 6.45) is 2.93. The van der Waals surface area contributed by atoms with Crippen LogP contribution in [0.3, 0.4) is 0 Å². The summed E-state index contributed by atoms with van der Waals surface area (Å²) in [7, 11) is 0. The van der Waals surface area contributed by atoms with Crippen LogP contribution in [-0.4, -0.2) is 58.0 Å². The van der Waals surface area contributed by atoms with Crippen LogP contribution in [0, 0.1) is 17.8 Å². The van der Waals surface area contributed by atoms with Crippen LogP contribution in [0.1, 0.15) is 54.9 Å². The minimum Gasteiger partial charge on any atom is -0.459 e. The average molecular weight is 465 g/mol. The van der Waals surface area contributed by atoms with E-state index in [1.54, 1.807) is 45.9 Å². The number of hydrogen-bond acceptors (Lipinski definition) is 9. The topological polar surface area (TPSA) is 125 Å². The molecule has 2 fully saturated rings. The van der Waals surface area contributed by atoms with Gasteiger partial charge in [0.1, 0.15) is 17.8 Å². The minimum atomic E-state index is -1.77. The number of hydrogen-bond donors (Lipinski definition) is 1. The Bertz CT molecular complexity index is 932. The normalized spacial score (nSPS) is 42.0. The standard InChI is InChI=1S/C24H32O9/c1-8-12(2)20(27)30-16-11-23(6,32-13(3)25)15-9-10-22(5,29)17(15)19-18(16)24(7,21(28)31-19)33-14(4)26/h8-10,15-19,29H,11H2,1-7H3/t15-,16-,17+,18+,19-,22-,23-,24-/m0/s1. The highest BCUT2D eigenvalue weighted by atomic mass is 16.6. The van der Waals surface area contributed by atoms with Gasteiger partial charge in [0, 0.05) is 37.7 Å². The van der Waals surface area contributed by atoms with E-state index in [1.807, 2.05) is 0 Å². The Kier molecular flexibility index (Phi) is 6.25. The van der Waals surface area contributed by atoms with Crippen molar-refractivity contribution in [3.05, 3.63) is 23.8 Å². The minimum absolute atomic E-state index is 0.00552. The van der Waals surface area contributed by atoms with Crippen molar-refractivity contribution in [2.24, 2.45) is 17.8 Å². The summed E-state index contributed by atoms with van der Waals surface area (Å²) in [5.41, 5.74) is -4.04. The van der Waals surface area contributed by atoms with Crippen LogP contribution in [0.15, 0.2) is 23.8 Å². The number of carbonyl (C=O) groups excluding carboxylic acids is 4. The fraction of sp³-hybridized carbons (Fsp3) is 0.667. The van der Waals surface area contributed by atoms with Gasteiger partial charge >= 0.3 is 23.9 Å². The average Bonchev–Trinajstić information content (AvgIpc) is 3.08. The summed E-state index contributed by atoms with van der Waals surface area (Å²) in [6.45, 7) is 10.4. The molecule has 1 saturated carbocycles. The Labute approximate surface area is 193 Å². The van der Waals surface area contributed by atoms with Gasteiger partial charge in [-0.15, -0.1) is 0 Å². The molecule has 1 aliphatic heterocycles. The van der Waals surface area contributed by atoms with Gasteiger partial charge in [-0.3, -0.25) is 9.59 Å². The van der Waals surface area contributed by atoms with Crippen molar-refractivity contribution in [3.63, 3.8) is 0 Å². The van der Waals surface area contributed by atoms with Gasteiger partial charge in [0.05, 0.1) is 11.5 Å². The molecule has 0 bridgehead atoms. The number of carbonyl (C=O) groups is 4. The van der Waals surface area contributed by atoms with Crippen molar-refractivity contribution < 1.29 is 43.2 Å². The summed E-state index contributed by atoms with van der Waals surface area (Å²) in [5, 5.41) is 11.2. The number of ether oxygens (including phenoxy) is 4. The molecule has 0 aromatic rings. The molecule has 3 rings (SSSR count). The summed E-state index contributed by atoms with van der Waals surface area (Å²) < 4.78 is 22.8. The Morgan fingerprint density at radius 2 is 1.70 bits per heavy atom. The van der Waals surface area contributed by atoms with Crippen LogP contribution < -0.4 is 0 Å². The lowest BCUT2D eigenvalue weighted by Crippen LogP contribution is -2.52. The molecule has 1 saturated heterocycles. The second-order valence-corrected chi connectivity index (χ2v) is 9.76. The predicted molar refractivity (Wildman–Crippen MR) is 114 cm³/mol. The van der Waals surface area contributed by atoms with E-state index in [1.165, 1.54) is 20.8 Å². The van der Waals surface area contributed by atoms with Gasteiger partial charge in [-0.05, 0) is 34.6 Å². The molecule has 9 nitrogen and oxygen atoms in total. The molecule has 3 aliphatic rings. The van der Waals surface area contributed by atoms with E-state index >= 15 is 0 Å². The molecule has 8 atom stereocenters.